The Morgan fingerprint density at radius 1 is 1.28 bits per heavy atom. The van der Waals surface area contributed by atoms with Gasteiger partial charge in [0.2, 0.25) is 0 Å². The van der Waals surface area contributed by atoms with Crippen molar-refractivity contribution in [2.24, 2.45) is 11.1 Å². The van der Waals surface area contributed by atoms with Gasteiger partial charge < -0.3 is 10.6 Å². The second kappa shape index (κ2) is 6.05. The van der Waals surface area contributed by atoms with Gasteiger partial charge in [0, 0.05) is 11.6 Å². The number of benzene rings is 1. The smallest absolute Gasteiger partial charge is 0.0406 e. The van der Waals surface area contributed by atoms with Crippen molar-refractivity contribution in [1.82, 2.24) is 4.90 Å². The van der Waals surface area contributed by atoms with E-state index in [0.29, 0.717) is 5.41 Å². The van der Waals surface area contributed by atoms with Crippen LogP contribution in [0.4, 0.5) is 0 Å². The van der Waals surface area contributed by atoms with Crippen LogP contribution in [0.2, 0.25) is 5.02 Å². The Bertz CT molecular complexity index is 365. The first kappa shape index (κ1) is 13.9. The average Bonchev–Trinajstić information content (AvgIpc) is 2.31. The Kier molecular flexibility index (Phi) is 4.66. The highest BCUT2D eigenvalue weighted by molar-refractivity contribution is 6.30. The number of hydrogen-bond donors (Lipinski definition) is 1. The normalized spacial score (nSPS) is 17.8. The molecule has 18 heavy (non-hydrogen) atoms. The number of hydrogen-bond acceptors (Lipinski definition) is 2. The van der Waals surface area contributed by atoms with Crippen LogP contribution < -0.4 is 5.73 Å². The molecule has 0 aromatic heterocycles. The van der Waals surface area contributed by atoms with E-state index in [1.807, 2.05) is 12.1 Å². The Hall–Kier alpha value is -0.570. The van der Waals surface area contributed by atoms with Gasteiger partial charge in [-0.05, 0) is 62.5 Å². The van der Waals surface area contributed by atoms with E-state index in [9.17, 15) is 0 Å². The van der Waals surface area contributed by atoms with Crippen LogP contribution in [-0.2, 0) is 6.54 Å². The van der Waals surface area contributed by atoms with Crippen LogP contribution in [-0.4, -0.2) is 25.0 Å². The summed E-state index contributed by atoms with van der Waals surface area (Å²) in [6.07, 6.45) is 5.22. The third-order valence-corrected chi connectivity index (χ3v) is 4.49. The van der Waals surface area contributed by atoms with Gasteiger partial charge in [-0.3, -0.25) is 0 Å². The van der Waals surface area contributed by atoms with Crippen molar-refractivity contribution >= 4 is 11.6 Å². The van der Waals surface area contributed by atoms with E-state index >= 15 is 0 Å². The Morgan fingerprint density at radius 2 is 1.94 bits per heavy atom. The van der Waals surface area contributed by atoms with Gasteiger partial charge in [-0.25, -0.2) is 0 Å². The molecule has 0 spiro atoms. The summed E-state index contributed by atoms with van der Waals surface area (Å²) in [7, 11) is 2.18. The van der Waals surface area contributed by atoms with E-state index in [0.717, 1.165) is 24.7 Å². The molecule has 2 rings (SSSR count). The molecule has 2 N–H and O–H groups in total. The van der Waals surface area contributed by atoms with Crippen molar-refractivity contribution in [2.45, 2.75) is 32.2 Å². The molecule has 3 heteroatoms. The average molecular weight is 267 g/mol. The summed E-state index contributed by atoms with van der Waals surface area (Å²) in [6.45, 7) is 2.96. The first-order valence-corrected chi connectivity index (χ1v) is 7.14. The molecule has 0 amide bonds. The molecule has 0 saturated heterocycles. The highest BCUT2D eigenvalue weighted by atomic mass is 35.5. The number of rotatable bonds is 6. The minimum atomic E-state index is 0.453. The summed E-state index contributed by atoms with van der Waals surface area (Å²) in [4.78, 5) is 2.37. The first-order valence-electron chi connectivity index (χ1n) is 6.77. The van der Waals surface area contributed by atoms with Crippen LogP contribution in [0.1, 0.15) is 31.2 Å². The number of nitrogens with two attached hydrogens (primary N) is 1. The molecule has 0 bridgehead atoms. The van der Waals surface area contributed by atoms with E-state index in [-0.39, 0.29) is 0 Å². The monoisotopic (exact) mass is 266 g/mol. The van der Waals surface area contributed by atoms with E-state index in [1.165, 1.54) is 31.2 Å². The van der Waals surface area contributed by atoms with Gasteiger partial charge in [0.1, 0.15) is 0 Å². The lowest BCUT2D eigenvalue weighted by Gasteiger charge is -2.42. The molecule has 0 aliphatic heterocycles. The predicted molar refractivity (Wildman–Crippen MR) is 77.7 cm³/mol. The second-order valence-corrected chi connectivity index (χ2v) is 6.11. The molecule has 0 radical (unpaired) electrons. The van der Waals surface area contributed by atoms with Gasteiger partial charge in [-0.1, -0.05) is 30.2 Å². The Morgan fingerprint density at radius 3 is 2.44 bits per heavy atom. The maximum atomic E-state index is 5.89. The van der Waals surface area contributed by atoms with Crippen molar-refractivity contribution in [1.29, 1.82) is 0 Å². The van der Waals surface area contributed by atoms with Crippen LogP contribution in [0.3, 0.4) is 0 Å². The standard InChI is InChI=1S/C15H23ClN2/c1-18(10-9-15(12-17)7-2-8-15)11-13-3-5-14(16)6-4-13/h3-6H,2,7-12,17H2,1H3. The molecule has 1 aliphatic rings. The predicted octanol–water partition coefficient (Wildman–Crippen LogP) is 3.29. The summed E-state index contributed by atoms with van der Waals surface area (Å²) < 4.78 is 0. The largest absolute Gasteiger partial charge is 0.330 e. The lowest BCUT2D eigenvalue weighted by atomic mass is 9.66. The molecule has 1 fully saturated rings. The SMILES string of the molecule is CN(CCC1(CN)CCC1)Cc1ccc(Cl)cc1. The number of nitrogens with zero attached hydrogens (tertiary/aromatic N) is 1. The highest BCUT2D eigenvalue weighted by Gasteiger charge is 2.34. The maximum Gasteiger partial charge on any atom is 0.0406 e. The summed E-state index contributed by atoms with van der Waals surface area (Å²) in [6, 6.07) is 8.11. The van der Waals surface area contributed by atoms with Gasteiger partial charge in [-0.15, -0.1) is 0 Å². The van der Waals surface area contributed by atoms with Crippen molar-refractivity contribution in [3.8, 4) is 0 Å². The minimum Gasteiger partial charge on any atom is -0.330 e. The Labute approximate surface area is 115 Å². The van der Waals surface area contributed by atoms with E-state index in [1.54, 1.807) is 0 Å². The third-order valence-electron chi connectivity index (χ3n) is 4.24. The molecule has 100 valence electrons. The van der Waals surface area contributed by atoms with Crippen molar-refractivity contribution in [3.05, 3.63) is 34.9 Å². The fourth-order valence-corrected chi connectivity index (χ4v) is 2.77. The minimum absolute atomic E-state index is 0.453. The number of halogens is 1. The quantitative estimate of drug-likeness (QED) is 0.856. The lowest BCUT2D eigenvalue weighted by Crippen LogP contribution is -2.39. The summed E-state index contributed by atoms with van der Waals surface area (Å²) >= 11 is 5.89. The van der Waals surface area contributed by atoms with Crippen LogP contribution in [0, 0.1) is 5.41 Å². The van der Waals surface area contributed by atoms with Gasteiger partial charge in [-0.2, -0.15) is 0 Å². The summed E-state index contributed by atoms with van der Waals surface area (Å²) in [5.41, 5.74) is 7.66. The molecule has 1 saturated carbocycles. The molecule has 1 aliphatic carbocycles. The second-order valence-electron chi connectivity index (χ2n) is 5.67. The summed E-state index contributed by atoms with van der Waals surface area (Å²) in [5.74, 6) is 0. The van der Waals surface area contributed by atoms with Gasteiger partial charge >= 0.3 is 0 Å². The molecule has 0 unspecified atom stereocenters. The fraction of sp³-hybridized carbons (Fsp3) is 0.600. The highest BCUT2D eigenvalue weighted by Crippen LogP contribution is 2.42. The van der Waals surface area contributed by atoms with Gasteiger partial charge in [0.15, 0.2) is 0 Å². The maximum absolute atomic E-state index is 5.89. The van der Waals surface area contributed by atoms with Crippen LogP contribution in [0.5, 0.6) is 0 Å². The van der Waals surface area contributed by atoms with Crippen molar-refractivity contribution < 1.29 is 0 Å². The van der Waals surface area contributed by atoms with Crippen LogP contribution in [0.15, 0.2) is 24.3 Å². The first-order chi connectivity index (χ1) is 8.63. The Balaban J connectivity index is 1.78. The third kappa shape index (κ3) is 3.47. The lowest BCUT2D eigenvalue weighted by molar-refractivity contribution is 0.111. The topological polar surface area (TPSA) is 29.3 Å². The van der Waals surface area contributed by atoms with Gasteiger partial charge in [0.25, 0.3) is 0 Å². The van der Waals surface area contributed by atoms with Crippen molar-refractivity contribution in [2.75, 3.05) is 20.1 Å². The molecule has 1 aromatic rings. The molecular weight excluding hydrogens is 244 g/mol. The summed E-state index contributed by atoms with van der Waals surface area (Å²) in [5, 5.41) is 0.804. The molecule has 2 nitrogen and oxygen atoms in total. The molecule has 0 atom stereocenters. The fourth-order valence-electron chi connectivity index (χ4n) is 2.64. The molecule has 0 heterocycles. The van der Waals surface area contributed by atoms with Crippen LogP contribution in [0.25, 0.3) is 0 Å². The van der Waals surface area contributed by atoms with E-state index in [4.69, 9.17) is 17.3 Å². The van der Waals surface area contributed by atoms with Crippen LogP contribution >= 0.6 is 11.6 Å². The molecular formula is C15H23ClN2. The van der Waals surface area contributed by atoms with Crippen molar-refractivity contribution in [3.63, 3.8) is 0 Å². The zero-order chi connectivity index (χ0) is 13.0. The zero-order valence-electron chi connectivity index (χ0n) is 11.2. The zero-order valence-corrected chi connectivity index (χ0v) is 11.9. The van der Waals surface area contributed by atoms with E-state index in [2.05, 4.69) is 24.1 Å². The van der Waals surface area contributed by atoms with Gasteiger partial charge in [0.05, 0.1) is 0 Å². The molecule has 1 aromatic carbocycles. The van der Waals surface area contributed by atoms with E-state index < -0.39 is 0 Å².